The highest BCUT2D eigenvalue weighted by Crippen LogP contribution is 2.38. The molecular weight excluding hydrogens is 542 g/mol. The molecule has 0 unspecified atom stereocenters. The van der Waals surface area contributed by atoms with Crippen molar-refractivity contribution in [3.63, 3.8) is 0 Å². The highest BCUT2D eigenvalue weighted by Gasteiger charge is 2.28. The number of halogens is 1. The molecule has 190 valence electrons. The molecule has 1 fully saturated rings. The highest BCUT2D eigenvalue weighted by atomic mass is 35.5. The number of hydrogen-bond acceptors (Lipinski definition) is 10. The zero-order valence-electron chi connectivity index (χ0n) is 19.8. The third kappa shape index (κ3) is 5.46. The maximum Gasteiger partial charge on any atom is 0.150 e. The van der Waals surface area contributed by atoms with Gasteiger partial charge in [-0.25, -0.2) is 9.97 Å². The van der Waals surface area contributed by atoms with Gasteiger partial charge in [0.1, 0.15) is 51.5 Å². The summed E-state index contributed by atoms with van der Waals surface area (Å²) in [6, 6.07) is 18.7. The number of aromatic nitrogens is 2. The molecule has 4 aromatic rings. The molecule has 0 aliphatic carbocycles. The Morgan fingerprint density at radius 3 is 2.42 bits per heavy atom. The number of rotatable bonds is 7. The van der Waals surface area contributed by atoms with Crippen molar-refractivity contribution in [2.24, 2.45) is 0 Å². The molecule has 0 radical (unpaired) electrons. The van der Waals surface area contributed by atoms with Gasteiger partial charge in [-0.1, -0.05) is 47.6 Å². The average Bonchev–Trinajstić information content (AvgIpc) is 3.57. The van der Waals surface area contributed by atoms with E-state index in [0.717, 1.165) is 16.3 Å². The molecule has 8 nitrogen and oxygen atoms in total. The number of thiazole rings is 1. The van der Waals surface area contributed by atoms with Gasteiger partial charge in [-0.3, -0.25) is 0 Å². The van der Waals surface area contributed by atoms with Gasteiger partial charge < -0.3 is 20.3 Å². The fourth-order valence-corrected chi connectivity index (χ4v) is 5.89. The number of thioether (sulfide) groups is 1. The normalized spacial score (nSPS) is 16.6. The molecule has 11 heteroatoms. The van der Waals surface area contributed by atoms with Crippen molar-refractivity contribution < 1.29 is 14.6 Å². The quantitative estimate of drug-likeness (QED) is 0.288. The summed E-state index contributed by atoms with van der Waals surface area (Å²) in [7, 11) is 0. The molecule has 2 aromatic heterocycles. The molecule has 38 heavy (non-hydrogen) atoms. The van der Waals surface area contributed by atoms with Crippen molar-refractivity contribution in [1.82, 2.24) is 9.97 Å². The third-order valence-electron chi connectivity index (χ3n) is 5.85. The second-order valence-corrected chi connectivity index (χ2v) is 10.6. The topological polar surface area (TPSA) is 138 Å². The molecule has 2 aromatic carbocycles. The Balaban J connectivity index is 1.40. The van der Waals surface area contributed by atoms with Crippen LogP contribution in [0.15, 0.2) is 58.9 Å². The van der Waals surface area contributed by atoms with E-state index in [2.05, 4.69) is 17.1 Å². The van der Waals surface area contributed by atoms with Crippen LogP contribution >= 0.6 is 34.7 Å². The van der Waals surface area contributed by atoms with Crippen LogP contribution in [-0.4, -0.2) is 40.5 Å². The lowest BCUT2D eigenvalue weighted by Gasteiger charge is -2.16. The first-order valence-corrected chi connectivity index (χ1v) is 13.7. The number of hydrogen-bond donors (Lipinski definition) is 2. The van der Waals surface area contributed by atoms with Crippen LogP contribution < -0.4 is 10.5 Å². The van der Waals surface area contributed by atoms with Gasteiger partial charge in [0, 0.05) is 27.3 Å². The number of nitrogen functional groups attached to an aromatic ring is 1. The van der Waals surface area contributed by atoms with E-state index < -0.39 is 12.2 Å². The van der Waals surface area contributed by atoms with Crippen LogP contribution in [0.1, 0.15) is 16.8 Å². The van der Waals surface area contributed by atoms with E-state index in [1.165, 1.54) is 23.1 Å². The number of anilines is 1. The van der Waals surface area contributed by atoms with Crippen LogP contribution in [0.2, 0.25) is 5.02 Å². The predicted octanol–water partition coefficient (Wildman–Crippen LogP) is 5.28. The van der Waals surface area contributed by atoms with E-state index in [1.807, 2.05) is 29.6 Å². The molecule has 0 spiro atoms. The molecule has 1 saturated heterocycles. The number of nitrogens with two attached hydrogens (primary N) is 1. The van der Waals surface area contributed by atoms with Gasteiger partial charge in [0.25, 0.3) is 0 Å². The molecule has 1 aliphatic heterocycles. The summed E-state index contributed by atoms with van der Waals surface area (Å²) in [6.07, 6.45) is -1.14. The summed E-state index contributed by atoms with van der Waals surface area (Å²) in [6.45, 7) is 0.543. The minimum Gasteiger partial charge on any atom is -0.485 e. The number of nitriles is 2. The molecule has 0 saturated carbocycles. The van der Waals surface area contributed by atoms with Crippen LogP contribution in [-0.2, 0) is 10.5 Å². The fourth-order valence-electron chi connectivity index (χ4n) is 3.94. The van der Waals surface area contributed by atoms with Gasteiger partial charge in [-0.15, -0.1) is 11.3 Å². The summed E-state index contributed by atoms with van der Waals surface area (Å²) >= 11 is 8.84. The van der Waals surface area contributed by atoms with Crippen molar-refractivity contribution in [1.29, 1.82) is 10.5 Å². The molecular formula is C27H20ClN5O3S2. The third-order valence-corrected chi connectivity index (χ3v) is 8.05. The SMILES string of the molecule is N#Cc1c(N)nc(SCc2csc(-c3ccc(Cl)cc3)n2)c(C#N)c1-c1ccc(O[C@@H]2COC[C@H]2O)cc1. The minimum atomic E-state index is -0.690. The molecule has 0 amide bonds. The Morgan fingerprint density at radius 2 is 1.76 bits per heavy atom. The van der Waals surface area contributed by atoms with Gasteiger partial charge in [0.2, 0.25) is 0 Å². The number of nitrogens with zero attached hydrogens (tertiary/aromatic N) is 4. The second-order valence-electron chi connectivity index (χ2n) is 8.38. The summed E-state index contributed by atoms with van der Waals surface area (Å²) < 4.78 is 11.0. The molecule has 0 bridgehead atoms. The highest BCUT2D eigenvalue weighted by molar-refractivity contribution is 7.98. The van der Waals surface area contributed by atoms with Crippen LogP contribution in [0, 0.1) is 22.7 Å². The first-order valence-electron chi connectivity index (χ1n) is 11.5. The van der Waals surface area contributed by atoms with E-state index in [9.17, 15) is 15.6 Å². The number of pyridine rings is 1. The molecule has 1 aliphatic rings. The standard InChI is InChI=1S/C27H20ClN5O3S2/c28-17-5-1-16(2-6-17)26-32-18(13-37-26)14-38-27-21(10-30)24(20(9-29)25(31)33-27)15-3-7-19(8-4-15)36-23-12-35-11-22(23)34/h1-8,13,22-23,34H,11-12,14H2,(H2,31,33)/t22-,23-/m1/s1. The molecule has 3 N–H and O–H groups in total. The minimum absolute atomic E-state index is 0.0516. The van der Waals surface area contributed by atoms with E-state index in [-0.39, 0.29) is 23.6 Å². The Hall–Kier alpha value is -3.64. The number of ether oxygens (including phenoxy) is 2. The van der Waals surface area contributed by atoms with E-state index in [4.69, 9.17) is 31.8 Å². The smallest absolute Gasteiger partial charge is 0.150 e. The van der Waals surface area contributed by atoms with Gasteiger partial charge in [-0.2, -0.15) is 10.5 Å². The van der Waals surface area contributed by atoms with Crippen molar-refractivity contribution in [3.8, 4) is 39.6 Å². The summed E-state index contributed by atoms with van der Waals surface area (Å²) in [4.78, 5) is 9.07. The van der Waals surface area contributed by atoms with Crippen LogP contribution in [0.3, 0.4) is 0 Å². The first kappa shape index (κ1) is 26.0. The average molecular weight is 562 g/mol. The summed E-state index contributed by atoms with van der Waals surface area (Å²) in [5.74, 6) is 1.06. The van der Waals surface area contributed by atoms with Gasteiger partial charge in [0.05, 0.1) is 24.5 Å². The lowest BCUT2D eigenvalue weighted by atomic mass is 9.97. The lowest BCUT2D eigenvalue weighted by molar-refractivity contribution is 0.0733. The van der Waals surface area contributed by atoms with Gasteiger partial charge in [0.15, 0.2) is 0 Å². The van der Waals surface area contributed by atoms with Crippen molar-refractivity contribution >= 4 is 40.5 Å². The largest absolute Gasteiger partial charge is 0.485 e. The number of aliphatic hydroxyl groups excluding tert-OH is 1. The molecule has 2 atom stereocenters. The fraction of sp³-hybridized carbons (Fsp3) is 0.185. The van der Waals surface area contributed by atoms with Crippen molar-refractivity contribution in [3.05, 3.63) is 75.8 Å². The lowest BCUT2D eigenvalue weighted by Crippen LogP contribution is -2.29. The maximum atomic E-state index is 10.1. The van der Waals surface area contributed by atoms with Crippen LogP contribution in [0.4, 0.5) is 5.82 Å². The zero-order chi connectivity index (χ0) is 26.6. The Kier molecular flexibility index (Phi) is 7.79. The Bertz CT molecular complexity index is 1550. The second kappa shape index (κ2) is 11.4. The first-order chi connectivity index (χ1) is 18.5. The van der Waals surface area contributed by atoms with E-state index >= 15 is 0 Å². The monoisotopic (exact) mass is 561 g/mol. The molecule has 5 rings (SSSR count). The van der Waals surface area contributed by atoms with Crippen LogP contribution in [0.25, 0.3) is 21.7 Å². The predicted molar refractivity (Wildman–Crippen MR) is 147 cm³/mol. The maximum absolute atomic E-state index is 10.1. The number of aliphatic hydroxyl groups is 1. The molecule has 3 heterocycles. The summed E-state index contributed by atoms with van der Waals surface area (Å²) in [5, 5.41) is 33.7. The summed E-state index contributed by atoms with van der Waals surface area (Å²) in [5.41, 5.74) is 9.41. The van der Waals surface area contributed by atoms with Crippen molar-refractivity contribution in [2.75, 3.05) is 18.9 Å². The van der Waals surface area contributed by atoms with Crippen molar-refractivity contribution in [2.45, 2.75) is 23.0 Å². The van der Waals surface area contributed by atoms with Crippen LogP contribution in [0.5, 0.6) is 5.75 Å². The Labute approximate surface area is 232 Å². The number of benzene rings is 2. The van der Waals surface area contributed by atoms with Gasteiger partial charge in [-0.05, 0) is 29.8 Å². The van der Waals surface area contributed by atoms with Gasteiger partial charge >= 0.3 is 0 Å². The Morgan fingerprint density at radius 1 is 1.05 bits per heavy atom. The van der Waals surface area contributed by atoms with E-state index in [0.29, 0.717) is 39.3 Å². The van der Waals surface area contributed by atoms with E-state index in [1.54, 1.807) is 24.3 Å². The zero-order valence-corrected chi connectivity index (χ0v) is 22.2.